The van der Waals surface area contributed by atoms with E-state index in [1.54, 1.807) is 0 Å². The van der Waals surface area contributed by atoms with Gasteiger partial charge in [0.2, 0.25) is 0 Å². The number of allylic oxidation sites excluding steroid dienone is 4. The molecule has 0 saturated heterocycles. The van der Waals surface area contributed by atoms with Crippen molar-refractivity contribution in [3.05, 3.63) is 108 Å². The van der Waals surface area contributed by atoms with Gasteiger partial charge in [0.15, 0.2) is 0 Å². The Balaban J connectivity index is 1.84. The SMILES string of the molecule is C1=C[C@@H]2[C@@H](c3ccccc3)c3c(ccc4ccccc34)[C@@H]2C=C1. The summed E-state index contributed by atoms with van der Waals surface area (Å²) in [5.41, 5.74) is 4.46. The molecule has 0 heteroatoms. The van der Waals surface area contributed by atoms with Gasteiger partial charge in [-0.15, -0.1) is 0 Å². The van der Waals surface area contributed by atoms with E-state index in [0.29, 0.717) is 17.8 Å². The fourth-order valence-electron chi connectivity index (χ4n) is 4.45. The first-order chi connectivity index (χ1) is 11.4. The molecule has 0 heterocycles. The van der Waals surface area contributed by atoms with Crippen LogP contribution in [0, 0.1) is 5.92 Å². The van der Waals surface area contributed by atoms with Gasteiger partial charge in [-0.25, -0.2) is 0 Å². The van der Waals surface area contributed by atoms with E-state index >= 15 is 0 Å². The van der Waals surface area contributed by atoms with Crippen LogP contribution in [-0.2, 0) is 0 Å². The summed E-state index contributed by atoms with van der Waals surface area (Å²) in [6, 6.07) is 24.4. The van der Waals surface area contributed by atoms with Gasteiger partial charge in [-0.1, -0.05) is 91.0 Å². The van der Waals surface area contributed by atoms with Crippen LogP contribution in [0.1, 0.15) is 28.5 Å². The summed E-state index contributed by atoms with van der Waals surface area (Å²) in [6.07, 6.45) is 9.19. The highest BCUT2D eigenvalue weighted by Crippen LogP contribution is 2.54. The van der Waals surface area contributed by atoms with E-state index in [0.717, 1.165) is 0 Å². The molecular formula is C23H18. The lowest BCUT2D eigenvalue weighted by molar-refractivity contribution is 0.568. The maximum atomic E-state index is 2.40. The third kappa shape index (κ3) is 1.85. The van der Waals surface area contributed by atoms with Crippen molar-refractivity contribution in [3.8, 4) is 0 Å². The maximum absolute atomic E-state index is 2.40. The zero-order chi connectivity index (χ0) is 15.2. The normalized spacial score (nSPS) is 24.6. The van der Waals surface area contributed by atoms with Gasteiger partial charge >= 0.3 is 0 Å². The van der Waals surface area contributed by atoms with E-state index in [-0.39, 0.29) is 0 Å². The molecule has 2 aliphatic carbocycles. The first-order valence-electron chi connectivity index (χ1n) is 8.35. The number of fused-ring (bicyclic) bond motifs is 5. The van der Waals surface area contributed by atoms with E-state index in [1.165, 1.54) is 27.5 Å². The molecule has 3 aromatic carbocycles. The monoisotopic (exact) mass is 294 g/mol. The molecule has 0 amide bonds. The molecule has 0 bridgehead atoms. The van der Waals surface area contributed by atoms with Gasteiger partial charge < -0.3 is 0 Å². The van der Waals surface area contributed by atoms with Gasteiger partial charge in [0, 0.05) is 11.8 Å². The van der Waals surface area contributed by atoms with E-state index in [2.05, 4.69) is 91.0 Å². The van der Waals surface area contributed by atoms with Crippen LogP contribution in [0.2, 0.25) is 0 Å². The third-order valence-electron chi connectivity index (χ3n) is 5.40. The molecule has 23 heavy (non-hydrogen) atoms. The average Bonchev–Trinajstić information content (AvgIpc) is 2.97. The Morgan fingerprint density at radius 2 is 1.43 bits per heavy atom. The van der Waals surface area contributed by atoms with Crippen LogP contribution in [0.3, 0.4) is 0 Å². The molecule has 110 valence electrons. The fraction of sp³-hybridized carbons (Fsp3) is 0.130. The molecule has 3 atom stereocenters. The number of hydrogen-bond donors (Lipinski definition) is 0. The second-order valence-corrected chi connectivity index (χ2v) is 6.55. The zero-order valence-electron chi connectivity index (χ0n) is 12.9. The summed E-state index contributed by atoms with van der Waals surface area (Å²) in [4.78, 5) is 0. The van der Waals surface area contributed by atoms with Crippen LogP contribution in [0.15, 0.2) is 91.0 Å². The third-order valence-corrected chi connectivity index (χ3v) is 5.40. The van der Waals surface area contributed by atoms with Gasteiger partial charge in [0.05, 0.1) is 0 Å². The summed E-state index contributed by atoms with van der Waals surface area (Å²) in [7, 11) is 0. The van der Waals surface area contributed by atoms with E-state index < -0.39 is 0 Å². The number of benzene rings is 3. The highest BCUT2D eigenvalue weighted by atomic mass is 14.4. The van der Waals surface area contributed by atoms with Gasteiger partial charge in [0.1, 0.15) is 0 Å². The van der Waals surface area contributed by atoms with Crippen LogP contribution in [0.4, 0.5) is 0 Å². The lowest BCUT2D eigenvalue weighted by Gasteiger charge is -2.23. The lowest BCUT2D eigenvalue weighted by atomic mass is 9.80. The molecular weight excluding hydrogens is 276 g/mol. The molecule has 0 fully saturated rings. The minimum absolute atomic E-state index is 0.448. The minimum Gasteiger partial charge on any atom is -0.0796 e. The number of hydrogen-bond acceptors (Lipinski definition) is 0. The predicted molar refractivity (Wildman–Crippen MR) is 96.7 cm³/mol. The molecule has 0 saturated carbocycles. The van der Waals surface area contributed by atoms with Gasteiger partial charge in [-0.3, -0.25) is 0 Å². The summed E-state index contributed by atoms with van der Waals surface area (Å²) in [6.45, 7) is 0. The summed E-state index contributed by atoms with van der Waals surface area (Å²) >= 11 is 0. The van der Waals surface area contributed by atoms with E-state index in [9.17, 15) is 0 Å². The second-order valence-electron chi connectivity index (χ2n) is 6.55. The first-order valence-corrected chi connectivity index (χ1v) is 8.35. The highest BCUT2D eigenvalue weighted by Gasteiger charge is 2.40. The molecule has 5 rings (SSSR count). The van der Waals surface area contributed by atoms with Crippen molar-refractivity contribution in [2.45, 2.75) is 11.8 Å². The lowest BCUT2D eigenvalue weighted by Crippen LogP contribution is -2.11. The molecule has 0 aliphatic heterocycles. The molecule has 2 aliphatic rings. The molecule has 0 radical (unpaired) electrons. The van der Waals surface area contributed by atoms with Crippen LogP contribution in [-0.4, -0.2) is 0 Å². The highest BCUT2D eigenvalue weighted by molar-refractivity contribution is 5.89. The molecule has 0 spiro atoms. The van der Waals surface area contributed by atoms with E-state index in [1.807, 2.05) is 0 Å². The smallest absolute Gasteiger partial charge is 0.0170 e. The standard InChI is InChI=1S/C23H18/c1-2-9-17(10-3-1)22-20-13-7-6-12-19(20)21-15-14-16-8-4-5-11-18(16)23(21)22/h1-15,19-20,22H/t19-,20+,22-/m1/s1. The van der Waals surface area contributed by atoms with Crippen LogP contribution < -0.4 is 0 Å². The Bertz CT molecular complexity index is 931. The van der Waals surface area contributed by atoms with Crippen LogP contribution in [0.5, 0.6) is 0 Å². The summed E-state index contributed by atoms with van der Waals surface area (Å²) < 4.78 is 0. The van der Waals surface area contributed by atoms with Crippen molar-refractivity contribution in [2.24, 2.45) is 5.92 Å². The van der Waals surface area contributed by atoms with E-state index in [4.69, 9.17) is 0 Å². The molecule has 0 unspecified atom stereocenters. The Labute approximate surface area is 136 Å². The van der Waals surface area contributed by atoms with Crippen molar-refractivity contribution in [3.63, 3.8) is 0 Å². The first kappa shape index (κ1) is 12.9. The van der Waals surface area contributed by atoms with Crippen molar-refractivity contribution >= 4 is 10.8 Å². The Hall–Kier alpha value is -2.60. The largest absolute Gasteiger partial charge is 0.0796 e. The summed E-state index contributed by atoms with van der Waals surface area (Å²) in [5.74, 6) is 1.48. The predicted octanol–water partition coefficient (Wildman–Crippen LogP) is 5.81. The molecule has 0 aromatic heterocycles. The van der Waals surface area contributed by atoms with Crippen molar-refractivity contribution in [1.29, 1.82) is 0 Å². The maximum Gasteiger partial charge on any atom is 0.0170 e. The van der Waals surface area contributed by atoms with Crippen molar-refractivity contribution in [1.82, 2.24) is 0 Å². The van der Waals surface area contributed by atoms with Crippen molar-refractivity contribution in [2.75, 3.05) is 0 Å². The van der Waals surface area contributed by atoms with Gasteiger partial charge in [-0.05, 0) is 33.4 Å². The Kier molecular flexibility index (Phi) is 2.78. The van der Waals surface area contributed by atoms with Gasteiger partial charge in [-0.2, -0.15) is 0 Å². The topological polar surface area (TPSA) is 0 Å². The molecule has 0 N–H and O–H groups in total. The summed E-state index contributed by atoms with van der Waals surface area (Å²) in [5, 5.41) is 2.76. The Morgan fingerprint density at radius 1 is 0.652 bits per heavy atom. The van der Waals surface area contributed by atoms with Crippen LogP contribution in [0.25, 0.3) is 10.8 Å². The van der Waals surface area contributed by atoms with Crippen molar-refractivity contribution < 1.29 is 0 Å². The molecule has 3 aromatic rings. The fourth-order valence-corrected chi connectivity index (χ4v) is 4.45. The second kappa shape index (κ2) is 4.96. The Morgan fingerprint density at radius 3 is 2.35 bits per heavy atom. The molecule has 0 nitrogen and oxygen atoms in total. The van der Waals surface area contributed by atoms with Gasteiger partial charge in [0.25, 0.3) is 0 Å². The average molecular weight is 294 g/mol. The quantitative estimate of drug-likeness (QED) is 0.531. The number of rotatable bonds is 1. The zero-order valence-corrected chi connectivity index (χ0v) is 12.9. The van der Waals surface area contributed by atoms with Crippen LogP contribution >= 0.6 is 0 Å². The minimum atomic E-state index is 0.448.